The minimum Gasteiger partial charge on any atom is -0.403 e. The van der Waals surface area contributed by atoms with Crippen molar-refractivity contribution in [3.05, 3.63) is 63.1 Å². The Labute approximate surface area is 146 Å². The average Bonchev–Trinajstić information content (AvgIpc) is 2.95. The fourth-order valence-corrected chi connectivity index (χ4v) is 2.61. The molecular formula is C15H8Cl3N3O2. The first kappa shape index (κ1) is 15.8. The Balaban J connectivity index is 1.82. The predicted octanol–water partition coefficient (Wildman–Crippen LogP) is 4.95. The summed E-state index contributed by atoms with van der Waals surface area (Å²) in [6, 6.07) is 11.4. The first-order valence-electron chi connectivity index (χ1n) is 6.39. The Morgan fingerprint density at radius 1 is 1.00 bits per heavy atom. The van der Waals surface area contributed by atoms with Gasteiger partial charge in [0, 0.05) is 15.6 Å². The fourth-order valence-electron chi connectivity index (χ4n) is 1.87. The Kier molecular flexibility index (Phi) is 4.52. The zero-order chi connectivity index (χ0) is 16.4. The molecule has 23 heavy (non-hydrogen) atoms. The highest BCUT2D eigenvalue weighted by Crippen LogP contribution is 2.27. The molecule has 0 fully saturated rings. The quantitative estimate of drug-likeness (QED) is 0.710. The molecule has 0 aliphatic rings. The first-order chi connectivity index (χ1) is 11.0. The maximum Gasteiger partial charge on any atom is 0.322 e. The van der Waals surface area contributed by atoms with E-state index < -0.39 is 5.91 Å². The van der Waals surface area contributed by atoms with Crippen LogP contribution in [0.2, 0.25) is 15.1 Å². The third-order valence-electron chi connectivity index (χ3n) is 2.87. The average molecular weight is 369 g/mol. The summed E-state index contributed by atoms with van der Waals surface area (Å²) in [5.41, 5.74) is 0.855. The third kappa shape index (κ3) is 3.64. The van der Waals surface area contributed by atoms with Gasteiger partial charge in [-0.25, -0.2) is 0 Å². The molecule has 0 aliphatic heterocycles. The van der Waals surface area contributed by atoms with Crippen molar-refractivity contribution < 1.29 is 9.21 Å². The highest BCUT2D eigenvalue weighted by atomic mass is 35.5. The SMILES string of the molecule is O=C(Nc1nnc(-c2ccccc2Cl)o1)c1cc(Cl)cc(Cl)c1. The van der Waals surface area contributed by atoms with Gasteiger partial charge in [-0.15, -0.1) is 5.10 Å². The second-order valence-corrected chi connectivity index (χ2v) is 5.78. The second kappa shape index (κ2) is 6.58. The molecule has 0 saturated carbocycles. The molecule has 2 aromatic carbocycles. The van der Waals surface area contributed by atoms with Gasteiger partial charge in [-0.1, -0.05) is 52.0 Å². The van der Waals surface area contributed by atoms with Gasteiger partial charge in [0.05, 0.1) is 10.6 Å². The molecule has 8 heteroatoms. The molecule has 0 radical (unpaired) electrons. The Bertz CT molecular complexity index is 860. The van der Waals surface area contributed by atoms with Crippen molar-refractivity contribution >= 4 is 46.7 Å². The lowest BCUT2D eigenvalue weighted by Crippen LogP contribution is -2.12. The molecule has 3 rings (SSSR count). The van der Waals surface area contributed by atoms with Crippen molar-refractivity contribution in [2.24, 2.45) is 0 Å². The highest BCUT2D eigenvalue weighted by Gasteiger charge is 2.15. The largest absolute Gasteiger partial charge is 0.403 e. The molecule has 0 spiro atoms. The molecule has 0 aliphatic carbocycles. The van der Waals surface area contributed by atoms with E-state index in [-0.39, 0.29) is 17.5 Å². The molecule has 1 heterocycles. The molecule has 0 unspecified atom stereocenters. The fraction of sp³-hybridized carbons (Fsp3) is 0. The van der Waals surface area contributed by atoms with Crippen LogP contribution in [-0.4, -0.2) is 16.1 Å². The van der Waals surface area contributed by atoms with Gasteiger partial charge in [0.1, 0.15) is 0 Å². The van der Waals surface area contributed by atoms with Crippen molar-refractivity contribution in [1.29, 1.82) is 0 Å². The van der Waals surface area contributed by atoms with Crippen LogP contribution in [0.25, 0.3) is 11.5 Å². The standard InChI is InChI=1S/C15H8Cl3N3O2/c16-9-5-8(6-10(17)7-9)13(22)19-15-21-20-14(23-15)11-3-1-2-4-12(11)18/h1-7H,(H,19,21,22). The van der Waals surface area contributed by atoms with E-state index in [1.165, 1.54) is 18.2 Å². The van der Waals surface area contributed by atoms with Crippen molar-refractivity contribution in [2.45, 2.75) is 0 Å². The number of nitrogens with zero attached hydrogens (tertiary/aromatic N) is 2. The minimum absolute atomic E-state index is 0.0546. The van der Waals surface area contributed by atoms with Crippen molar-refractivity contribution in [3.63, 3.8) is 0 Å². The van der Waals surface area contributed by atoms with Gasteiger partial charge in [-0.3, -0.25) is 10.1 Å². The monoisotopic (exact) mass is 367 g/mol. The number of halogens is 3. The van der Waals surface area contributed by atoms with Crippen molar-refractivity contribution in [1.82, 2.24) is 10.2 Å². The van der Waals surface area contributed by atoms with Crippen molar-refractivity contribution in [2.75, 3.05) is 5.32 Å². The number of carbonyl (C=O) groups excluding carboxylic acids is 1. The smallest absolute Gasteiger partial charge is 0.322 e. The van der Waals surface area contributed by atoms with E-state index in [2.05, 4.69) is 15.5 Å². The van der Waals surface area contributed by atoms with E-state index in [9.17, 15) is 4.79 Å². The molecule has 0 bridgehead atoms. The Morgan fingerprint density at radius 2 is 1.70 bits per heavy atom. The van der Waals surface area contributed by atoms with Crippen LogP contribution in [0.5, 0.6) is 0 Å². The van der Waals surface area contributed by atoms with E-state index in [0.29, 0.717) is 20.6 Å². The minimum atomic E-state index is -0.469. The zero-order valence-corrected chi connectivity index (χ0v) is 13.7. The van der Waals surface area contributed by atoms with Crippen LogP contribution in [0.3, 0.4) is 0 Å². The summed E-state index contributed by atoms with van der Waals surface area (Å²) in [5.74, 6) is -0.265. The summed E-state index contributed by atoms with van der Waals surface area (Å²) in [6.07, 6.45) is 0. The molecule has 0 atom stereocenters. The lowest BCUT2D eigenvalue weighted by molar-refractivity contribution is 0.102. The summed E-state index contributed by atoms with van der Waals surface area (Å²) >= 11 is 17.8. The van der Waals surface area contributed by atoms with Crippen molar-refractivity contribution in [3.8, 4) is 11.5 Å². The molecule has 0 saturated heterocycles. The number of aromatic nitrogens is 2. The first-order valence-corrected chi connectivity index (χ1v) is 7.52. The van der Waals surface area contributed by atoms with E-state index >= 15 is 0 Å². The Morgan fingerprint density at radius 3 is 2.39 bits per heavy atom. The molecule has 1 N–H and O–H groups in total. The van der Waals surface area contributed by atoms with Crippen LogP contribution in [0.4, 0.5) is 6.01 Å². The van der Waals surface area contributed by atoms with E-state index in [0.717, 1.165) is 0 Å². The Hall–Kier alpha value is -2.08. The van der Waals surface area contributed by atoms with E-state index in [1.54, 1.807) is 24.3 Å². The van der Waals surface area contributed by atoms with Crippen LogP contribution >= 0.6 is 34.8 Å². The number of hydrogen-bond acceptors (Lipinski definition) is 4. The molecule has 1 amide bonds. The highest BCUT2D eigenvalue weighted by molar-refractivity contribution is 6.35. The number of anilines is 1. The molecule has 3 aromatic rings. The van der Waals surface area contributed by atoms with Gasteiger partial charge in [0.25, 0.3) is 11.8 Å². The maximum absolute atomic E-state index is 12.1. The third-order valence-corrected chi connectivity index (χ3v) is 3.64. The normalized spacial score (nSPS) is 10.6. The summed E-state index contributed by atoms with van der Waals surface area (Å²) < 4.78 is 5.40. The zero-order valence-electron chi connectivity index (χ0n) is 11.4. The molecule has 1 aromatic heterocycles. The summed E-state index contributed by atoms with van der Waals surface area (Å²) in [7, 11) is 0. The van der Waals surface area contributed by atoms with Crippen LogP contribution in [-0.2, 0) is 0 Å². The molecule has 5 nitrogen and oxygen atoms in total. The van der Waals surface area contributed by atoms with Gasteiger partial charge in [0.2, 0.25) is 0 Å². The number of nitrogens with one attached hydrogen (secondary N) is 1. The van der Waals surface area contributed by atoms with Gasteiger partial charge < -0.3 is 4.42 Å². The number of carbonyl (C=O) groups is 1. The van der Waals surface area contributed by atoms with Gasteiger partial charge in [-0.2, -0.15) is 0 Å². The number of rotatable bonds is 3. The summed E-state index contributed by atoms with van der Waals surface area (Å²) in [5, 5.41) is 11.3. The maximum atomic E-state index is 12.1. The van der Waals surface area contributed by atoms with Crippen LogP contribution in [0.15, 0.2) is 46.9 Å². The topological polar surface area (TPSA) is 68.0 Å². The van der Waals surface area contributed by atoms with Gasteiger partial charge in [-0.05, 0) is 30.3 Å². The van der Waals surface area contributed by atoms with E-state index in [4.69, 9.17) is 39.2 Å². The van der Waals surface area contributed by atoms with Crippen LogP contribution < -0.4 is 5.32 Å². The predicted molar refractivity (Wildman–Crippen MR) is 89.2 cm³/mol. The lowest BCUT2D eigenvalue weighted by atomic mass is 10.2. The lowest BCUT2D eigenvalue weighted by Gasteiger charge is -2.02. The molecular weight excluding hydrogens is 361 g/mol. The second-order valence-electron chi connectivity index (χ2n) is 4.50. The summed E-state index contributed by atoms with van der Waals surface area (Å²) in [4.78, 5) is 12.1. The van der Waals surface area contributed by atoms with Gasteiger partial charge in [0.15, 0.2) is 0 Å². The van der Waals surface area contributed by atoms with E-state index in [1.807, 2.05) is 0 Å². The number of benzene rings is 2. The van der Waals surface area contributed by atoms with Crippen LogP contribution in [0, 0.1) is 0 Å². The molecule has 116 valence electrons. The van der Waals surface area contributed by atoms with Crippen LogP contribution in [0.1, 0.15) is 10.4 Å². The van der Waals surface area contributed by atoms with Gasteiger partial charge >= 0.3 is 6.01 Å². The number of amides is 1. The summed E-state index contributed by atoms with van der Waals surface area (Å²) in [6.45, 7) is 0. The number of hydrogen-bond donors (Lipinski definition) is 1.